The van der Waals surface area contributed by atoms with E-state index in [2.05, 4.69) is 5.32 Å². The first-order chi connectivity index (χ1) is 11.9. The monoisotopic (exact) mass is 396 g/mol. The lowest BCUT2D eigenvalue weighted by molar-refractivity contribution is -0.177. The number of carbonyl (C=O) groups excluding carboxylic acids is 3. The van der Waals surface area contributed by atoms with E-state index in [1.807, 2.05) is 13.8 Å². The van der Waals surface area contributed by atoms with E-state index in [-0.39, 0.29) is 17.7 Å². The third kappa shape index (κ3) is 2.81. The van der Waals surface area contributed by atoms with Crippen molar-refractivity contribution in [3.63, 3.8) is 0 Å². The van der Waals surface area contributed by atoms with Gasteiger partial charge in [0.25, 0.3) is 0 Å². The lowest BCUT2D eigenvalue weighted by Gasteiger charge is -2.55. The van der Waals surface area contributed by atoms with E-state index in [9.17, 15) is 14.4 Å². The van der Waals surface area contributed by atoms with E-state index in [1.54, 1.807) is 25.1 Å². The van der Waals surface area contributed by atoms with E-state index in [1.165, 1.54) is 11.9 Å². The Bertz CT molecular complexity index is 775. The fraction of sp³-hybridized carbons (Fsp3) is 0.526. The molecule has 26 heavy (non-hydrogen) atoms. The highest BCUT2D eigenvalue weighted by atomic mass is 35.5. The topological polar surface area (TPSA) is 66.5 Å². The molecule has 2 unspecified atom stereocenters. The molecule has 140 valence electrons. The Hall–Kier alpha value is -1.59. The molecule has 2 aliphatic rings. The summed E-state index contributed by atoms with van der Waals surface area (Å²) in [5.74, 6) is -0.737. The lowest BCUT2D eigenvalue weighted by atomic mass is 9.51. The van der Waals surface area contributed by atoms with Gasteiger partial charge in [0.1, 0.15) is 0 Å². The first kappa shape index (κ1) is 19.2. The van der Waals surface area contributed by atoms with Gasteiger partial charge >= 0.3 is 0 Å². The fourth-order valence-electron chi connectivity index (χ4n) is 5.02. The average Bonchev–Trinajstić information content (AvgIpc) is 2.54. The Morgan fingerprint density at radius 1 is 1.00 bits per heavy atom. The van der Waals surface area contributed by atoms with Gasteiger partial charge in [-0.05, 0) is 31.4 Å². The van der Waals surface area contributed by atoms with Crippen LogP contribution in [0.4, 0.5) is 5.69 Å². The van der Waals surface area contributed by atoms with Gasteiger partial charge in [-0.2, -0.15) is 0 Å². The number of piperidine rings is 1. The van der Waals surface area contributed by atoms with Crippen molar-refractivity contribution in [3.05, 3.63) is 28.2 Å². The summed E-state index contributed by atoms with van der Waals surface area (Å²) in [6, 6.07) is 4.99. The number of nitrogens with zero attached hydrogens (tertiary/aromatic N) is 1. The highest BCUT2D eigenvalue weighted by molar-refractivity contribution is 6.39. The number of rotatable bonds is 2. The van der Waals surface area contributed by atoms with Crippen LogP contribution in [0.25, 0.3) is 0 Å². The molecule has 0 radical (unpaired) electrons. The quantitative estimate of drug-likeness (QED) is 0.763. The molecule has 1 saturated carbocycles. The van der Waals surface area contributed by atoms with Gasteiger partial charge in [0.2, 0.25) is 17.7 Å². The lowest BCUT2D eigenvalue weighted by Crippen LogP contribution is -2.63. The minimum Gasteiger partial charge on any atom is -0.323 e. The molecule has 3 amide bonds. The van der Waals surface area contributed by atoms with E-state index in [0.29, 0.717) is 35.0 Å². The number of amides is 3. The SMILES string of the molecule is CN1C(=O)C2(C)CC(C)(C(=O)Nc3c(Cl)cccc3Cl)CC(C)(C2)C1=O. The Kier molecular flexibility index (Phi) is 4.40. The summed E-state index contributed by atoms with van der Waals surface area (Å²) in [7, 11) is 1.52. The largest absolute Gasteiger partial charge is 0.323 e. The van der Waals surface area contributed by atoms with E-state index >= 15 is 0 Å². The summed E-state index contributed by atoms with van der Waals surface area (Å²) >= 11 is 12.3. The number of para-hydroxylation sites is 1. The number of halogens is 2. The third-order valence-electron chi connectivity index (χ3n) is 5.73. The number of hydrogen-bond donors (Lipinski definition) is 1. The zero-order chi connectivity index (χ0) is 19.5. The second-order valence-corrected chi connectivity index (χ2v) is 9.25. The highest BCUT2D eigenvalue weighted by Crippen LogP contribution is 2.58. The van der Waals surface area contributed by atoms with Gasteiger partial charge in [-0.1, -0.05) is 50.0 Å². The minimum absolute atomic E-state index is 0.227. The van der Waals surface area contributed by atoms with Crippen LogP contribution in [0.3, 0.4) is 0 Å². The zero-order valence-electron chi connectivity index (χ0n) is 15.3. The van der Waals surface area contributed by atoms with E-state index in [4.69, 9.17) is 23.2 Å². The van der Waals surface area contributed by atoms with Gasteiger partial charge in [-0.25, -0.2) is 0 Å². The number of anilines is 1. The predicted octanol–water partition coefficient (Wildman–Crippen LogP) is 4.13. The van der Waals surface area contributed by atoms with Crippen molar-refractivity contribution in [1.29, 1.82) is 0 Å². The van der Waals surface area contributed by atoms with Crippen LogP contribution in [0.1, 0.15) is 40.0 Å². The van der Waals surface area contributed by atoms with E-state index in [0.717, 1.165) is 0 Å². The summed E-state index contributed by atoms with van der Waals surface area (Å²) in [4.78, 5) is 39.8. The maximum Gasteiger partial charge on any atom is 0.234 e. The highest BCUT2D eigenvalue weighted by Gasteiger charge is 2.62. The van der Waals surface area contributed by atoms with Crippen molar-refractivity contribution in [2.24, 2.45) is 16.2 Å². The summed E-state index contributed by atoms with van der Waals surface area (Å²) in [5.41, 5.74) is -2.06. The van der Waals surface area contributed by atoms with Crippen LogP contribution < -0.4 is 5.32 Å². The number of likely N-dealkylation sites (tertiary alicyclic amines) is 1. The number of hydrogen-bond acceptors (Lipinski definition) is 3. The fourth-order valence-corrected chi connectivity index (χ4v) is 5.51. The molecule has 1 aliphatic carbocycles. The Labute approximate surface area is 163 Å². The summed E-state index contributed by atoms with van der Waals surface area (Å²) in [6.45, 7) is 5.47. The minimum atomic E-state index is -0.892. The Morgan fingerprint density at radius 3 is 1.92 bits per heavy atom. The molecule has 0 aromatic heterocycles. The molecule has 2 fully saturated rings. The normalized spacial score (nSPS) is 34.0. The molecular weight excluding hydrogens is 375 g/mol. The van der Waals surface area contributed by atoms with E-state index < -0.39 is 16.2 Å². The van der Waals surface area contributed by atoms with Crippen LogP contribution in [0.5, 0.6) is 0 Å². The molecule has 7 heteroatoms. The van der Waals surface area contributed by atoms with Crippen molar-refractivity contribution in [1.82, 2.24) is 4.90 Å². The van der Waals surface area contributed by atoms with Gasteiger partial charge in [-0.3, -0.25) is 19.3 Å². The van der Waals surface area contributed by atoms with Crippen LogP contribution in [0.2, 0.25) is 10.0 Å². The number of nitrogens with one attached hydrogen (secondary N) is 1. The van der Waals surface area contributed by atoms with Gasteiger partial charge in [0, 0.05) is 23.3 Å². The van der Waals surface area contributed by atoms with Crippen LogP contribution >= 0.6 is 23.2 Å². The molecule has 2 atom stereocenters. The maximum absolute atomic E-state index is 13.1. The number of carbonyl (C=O) groups is 3. The first-order valence-corrected chi connectivity index (χ1v) is 9.26. The molecular formula is C19H22Cl2N2O3. The van der Waals surface area contributed by atoms with Crippen molar-refractivity contribution in [2.75, 3.05) is 12.4 Å². The Balaban J connectivity index is 1.96. The van der Waals surface area contributed by atoms with Gasteiger partial charge in [0.15, 0.2) is 0 Å². The second-order valence-electron chi connectivity index (χ2n) is 8.43. The molecule has 0 spiro atoms. The first-order valence-electron chi connectivity index (χ1n) is 8.50. The van der Waals surface area contributed by atoms with Crippen LogP contribution in [-0.2, 0) is 14.4 Å². The predicted molar refractivity (Wildman–Crippen MR) is 101 cm³/mol. The molecule has 1 aromatic rings. The van der Waals surface area contributed by atoms with Crippen molar-refractivity contribution in [2.45, 2.75) is 40.0 Å². The smallest absolute Gasteiger partial charge is 0.234 e. The standard InChI is InChI=1S/C19H22Cl2N2O3/c1-17(14(24)22-13-11(20)6-5-7-12(13)21)8-18(2)10-19(3,9-17)16(26)23(4)15(18)25/h5-7H,8-10H2,1-4H3,(H,22,24). The molecule has 3 rings (SSSR count). The van der Waals surface area contributed by atoms with Crippen LogP contribution in [0.15, 0.2) is 18.2 Å². The number of fused-ring (bicyclic) bond motifs is 2. The molecule has 1 heterocycles. The van der Waals surface area contributed by atoms with Crippen LogP contribution in [0, 0.1) is 16.2 Å². The van der Waals surface area contributed by atoms with Crippen molar-refractivity contribution >= 4 is 46.6 Å². The summed E-state index contributed by atoms with van der Waals surface area (Å²) in [5, 5.41) is 3.50. The molecule has 1 N–H and O–H groups in total. The molecule has 5 nitrogen and oxygen atoms in total. The number of benzene rings is 1. The van der Waals surface area contributed by atoms with Crippen molar-refractivity contribution in [3.8, 4) is 0 Å². The molecule has 2 bridgehead atoms. The average molecular weight is 397 g/mol. The Morgan fingerprint density at radius 2 is 1.46 bits per heavy atom. The number of imide groups is 1. The van der Waals surface area contributed by atoms with Gasteiger partial charge in [-0.15, -0.1) is 0 Å². The van der Waals surface area contributed by atoms with Crippen molar-refractivity contribution < 1.29 is 14.4 Å². The maximum atomic E-state index is 13.1. The summed E-state index contributed by atoms with van der Waals surface area (Å²) < 4.78 is 0. The third-order valence-corrected chi connectivity index (χ3v) is 6.36. The van der Waals surface area contributed by atoms with Gasteiger partial charge < -0.3 is 5.32 Å². The molecule has 1 aromatic carbocycles. The molecule has 1 aliphatic heterocycles. The second kappa shape index (κ2) is 5.96. The summed E-state index contributed by atoms with van der Waals surface area (Å²) in [6.07, 6.45) is 1.18. The zero-order valence-corrected chi connectivity index (χ0v) is 16.8. The van der Waals surface area contributed by atoms with Crippen LogP contribution in [-0.4, -0.2) is 29.7 Å². The van der Waals surface area contributed by atoms with Gasteiger partial charge in [0.05, 0.1) is 15.7 Å². The molecule has 1 saturated heterocycles.